The first-order valence-electron chi connectivity index (χ1n) is 10.9. The molecule has 0 spiro atoms. The Kier molecular flexibility index (Phi) is 8.30. The van der Waals surface area contributed by atoms with E-state index in [-0.39, 0.29) is 0 Å². The number of aryl methyl sites for hydroxylation is 2. The van der Waals surface area contributed by atoms with E-state index in [9.17, 15) is 0 Å². The van der Waals surface area contributed by atoms with Crippen LogP contribution in [0.3, 0.4) is 0 Å². The van der Waals surface area contributed by atoms with E-state index in [0.29, 0.717) is 6.04 Å². The predicted molar refractivity (Wildman–Crippen MR) is 115 cm³/mol. The molecule has 0 radical (unpaired) electrons. The highest BCUT2D eigenvalue weighted by atomic mass is 32.2. The number of aromatic nitrogens is 3. The molecule has 1 aromatic heterocycles. The fourth-order valence-electron chi connectivity index (χ4n) is 4.13. The zero-order valence-corrected chi connectivity index (χ0v) is 17.9. The Balaban J connectivity index is 1.46. The number of fused-ring (bicyclic) bond motifs is 1. The largest absolute Gasteiger partial charge is 0.357 e. The third-order valence-corrected chi connectivity index (χ3v) is 6.72. The molecule has 2 atom stereocenters. The number of rotatable bonds is 8. The van der Waals surface area contributed by atoms with Gasteiger partial charge in [0.25, 0.3) is 0 Å². The van der Waals surface area contributed by atoms with Crippen LogP contribution in [0.4, 0.5) is 0 Å². The van der Waals surface area contributed by atoms with Crippen LogP contribution in [0.2, 0.25) is 0 Å². The van der Waals surface area contributed by atoms with E-state index < -0.39 is 0 Å². The van der Waals surface area contributed by atoms with Gasteiger partial charge in [0.2, 0.25) is 0 Å². The van der Waals surface area contributed by atoms with E-state index >= 15 is 0 Å². The molecule has 7 heteroatoms. The van der Waals surface area contributed by atoms with Crippen molar-refractivity contribution in [1.29, 1.82) is 0 Å². The van der Waals surface area contributed by atoms with Gasteiger partial charge in [0.1, 0.15) is 11.6 Å². The summed E-state index contributed by atoms with van der Waals surface area (Å²) < 4.78 is 2.35. The van der Waals surface area contributed by atoms with Crippen LogP contribution in [0.5, 0.6) is 0 Å². The van der Waals surface area contributed by atoms with Gasteiger partial charge in [-0.25, -0.2) is 0 Å². The minimum absolute atomic E-state index is 0.569. The van der Waals surface area contributed by atoms with E-state index in [4.69, 9.17) is 4.99 Å². The lowest BCUT2D eigenvalue weighted by Crippen LogP contribution is -2.42. The van der Waals surface area contributed by atoms with Crippen molar-refractivity contribution in [2.24, 2.45) is 4.99 Å². The Morgan fingerprint density at radius 3 is 3.00 bits per heavy atom. The molecule has 0 aromatic carbocycles. The highest BCUT2D eigenvalue weighted by molar-refractivity contribution is 7.99. The van der Waals surface area contributed by atoms with Crippen LogP contribution in [0.25, 0.3) is 0 Å². The summed E-state index contributed by atoms with van der Waals surface area (Å²) in [6, 6.07) is 0.569. The van der Waals surface area contributed by atoms with Crippen LogP contribution >= 0.6 is 11.8 Å². The maximum atomic E-state index is 4.81. The normalized spacial score (nSPS) is 23.1. The first-order chi connectivity index (χ1) is 13.3. The third-order valence-electron chi connectivity index (χ3n) is 5.49. The van der Waals surface area contributed by atoms with Crippen molar-refractivity contribution in [2.45, 2.75) is 89.5 Å². The van der Waals surface area contributed by atoms with Gasteiger partial charge < -0.3 is 15.2 Å². The highest BCUT2D eigenvalue weighted by Crippen LogP contribution is 2.29. The Morgan fingerprint density at radius 1 is 1.22 bits per heavy atom. The van der Waals surface area contributed by atoms with Crippen molar-refractivity contribution >= 4 is 17.7 Å². The molecule has 6 nitrogen and oxygen atoms in total. The minimum Gasteiger partial charge on any atom is -0.357 e. The van der Waals surface area contributed by atoms with E-state index in [2.05, 4.69) is 51.0 Å². The highest BCUT2D eigenvalue weighted by Gasteiger charge is 2.25. The molecule has 0 bridgehead atoms. The standard InChI is InChI=1S/C20H36N6S/c1-3-21-20(23-16-11-12-17(15-16)27-4-2)22-13-8-10-19-25-24-18-9-6-5-7-14-26(18)19/h16-17H,3-15H2,1-2H3,(H2,21,22,23). The molecule has 1 fully saturated rings. The average Bonchev–Trinajstić information content (AvgIpc) is 3.19. The Hall–Kier alpha value is -1.24. The maximum Gasteiger partial charge on any atom is 0.191 e. The molecule has 1 aliphatic carbocycles. The third kappa shape index (κ3) is 6.13. The van der Waals surface area contributed by atoms with E-state index in [1.165, 1.54) is 50.1 Å². The molecule has 27 heavy (non-hydrogen) atoms. The van der Waals surface area contributed by atoms with Crippen LogP contribution in [0, 0.1) is 0 Å². The van der Waals surface area contributed by atoms with E-state index in [1.807, 2.05) is 0 Å². The SMILES string of the molecule is CCNC(=NCCCc1nnc2n1CCCCC2)NC1CCC(SCC)C1. The van der Waals surface area contributed by atoms with Crippen molar-refractivity contribution in [3.05, 3.63) is 11.6 Å². The molecule has 0 amide bonds. The van der Waals surface area contributed by atoms with Crippen LogP contribution in [0.15, 0.2) is 4.99 Å². The lowest BCUT2D eigenvalue weighted by molar-refractivity contribution is 0.595. The van der Waals surface area contributed by atoms with Gasteiger partial charge in [-0.3, -0.25) is 4.99 Å². The van der Waals surface area contributed by atoms with Crippen LogP contribution in [0.1, 0.15) is 70.4 Å². The van der Waals surface area contributed by atoms with Gasteiger partial charge in [-0.15, -0.1) is 10.2 Å². The quantitative estimate of drug-likeness (QED) is 0.404. The average molecular weight is 393 g/mol. The topological polar surface area (TPSA) is 67.1 Å². The summed E-state index contributed by atoms with van der Waals surface area (Å²) in [6.07, 6.45) is 10.7. The van der Waals surface area contributed by atoms with E-state index in [1.54, 1.807) is 0 Å². The molecule has 0 saturated heterocycles. The lowest BCUT2D eigenvalue weighted by atomic mass is 10.2. The second kappa shape index (κ2) is 10.9. The molecule has 1 saturated carbocycles. The number of thioether (sulfide) groups is 1. The number of hydrogen-bond donors (Lipinski definition) is 2. The number of aliphatic imine (C=N–C) groups is 1. The van der Waals surface area contributed by atoms with Gasteiger partial charge in [-0.1, -0.05) is 13.3 Å². The number of guanidine groups is 1. The summed E-state index contributed by atoms with van der Waals surface area (Å²) in [5.74, 6) is 4.53. The van der Waals surface area contributed by atoms with Gasteiger partial charge in [-0.05, 0) is 51.2 Å². The first-order valence-corrected chi connectivity index (χ1v) is 11.9. The van der Waals surface area contributed by atoms with Gasteiger partial charge in [-0.2, -0.15) is 11.8 Å². The molecule has 152 valence electrons. The van der Waals surface area contributed by atoms with Gasteiger partial charge in [0.05, 0.1) is 0 Å². The summed E-state index contributed by atoms with van der Waals surface area (Å²) in [4.78, 5) is 4.81. The minimum atomic E-state index is 0.569. The predicted octanol–water partition coefficient (Wildman–Crippen LogP) is 3.17. The molecule has 2 heterocycles. The summed E-state index contributed by atoms with van der Waals surface area (Å²) in [6.45, 7) is 7.21. The Bertz CT molecular complexity index is 599. The van der Waals surface area contributed by atoms with Gasteiger partial charge in [0, 0.05) is 43.8 Å². The second-order valence-corrected chi connectivity index (χ2v) is 9.17. The zero-order valence-electron chi connectivity index (χ0n) is 17.0. The maximum absolute atomic E-state index is 4.81. The van der Waals surface area contributed by atoms with Crippen LogP contribution in [-0.4, -0.2) is 50.9 Å². The molecular weight excluding hydrogens is 356 g/mol. The van der Waals surface area contributed by atoms with E-state index in [0.717, 1.165) is 55.9 Å². The molecule has 2 N–H and O–H groups in total. The number of nitrogens with zero attached hydrogens (tertiary/aromatic N) is 4. The van der Waals surface area contributed by atoms with Crippen molar-refractivity contribution in [2.75, 3.05) is 18.8 Å². The van der Waals surface area contributed by atoms with Crippen LogP contribution < -0.4 is 10.6 Å². The van der Waals surface area contributed by atoms with Crippen molar-refractivity contribution in [1.82, 2.24) is 25.4 Å². The molecule has 3 rings (SSSR count). The first kappa shape index (κ1) is 20.5. The Labute approximate surface area is 168 Å². The van der Waals surface area contributed by atoms with Gasteiger partial charge in [0.15, 0.2) is 5.96 Å². The molecule has 1 aromatic rings. The molecule has 1 aliphatic heterocycles. The Morgan fingerprint density at radius 2 is 2.15 bits per heavy atom. The summed E-state index contributed by atoms with van der Waals surface area (Å²) in [5.41, 5.74) is 0. The number of nitrogens with one attached hydrogen (secondary N) is 2. The molecule has 2 unspecified atom stereocenters. The fourth-order valence-corrected chi connectivity index (χ4v) is 5.27. The van der Waals surface area contributed by atoms with Crippen LogP contribution in [-0.2, 0) is 19.4 Å². The summed E-state index contributed by atoms with van der Waals surface area (Å²) >= 11 is 2.10. The van der Waals surface area contributed by atoms with Crippen molar-refractivity contribution in [3.63, 3.8) is 0 Å². The fraction of sp³-hybridized carbons (Fsp3) is 0.850. The zero-order chi connectivity index (χ0) is 18.9. The van der Waals surface area contributed by atoms with Gasteiger partial charge >= 0.3 is 0 Å². The lowest BCUT2D eigenvalue weighted by Gasteiger charge is -2.17. The molecule has 2 aliphatic rings. The van der Waals surface area contributed by atoms with Crippen molar-refractivity contribution < 1.29 is 0 Å². The van der Waals surface area contributed by atoms with Crippen molar-refractivity contribution in [3.8, 4) is 0 Å². The number of hydrogen-bond acceptors (Lipinski definition) is 4. The second-order valence-electron chi connectivity index (χ2n) is 7.59. The summed E-state index contributed by atoms with van der Waals surface area (Å²) in [5, 5.41) is 16.7. The smallest absolute Gasteiger partial charge is 0.191 e. The monoisotopic (exact) mass is 392 g/mol. The summed E-state index contributed by atoms with van der Waals surface area (Å²) in [7, 11) is 0. The molecular formula is C20H36N6S.